The van der Waals surface area contributed by atoms with Crippen molar-refractivity contribution in [1.29, 1.82) is 0 Å². The topological polar surface area (TPSA) is 73.9 Å². The molecule has 0 fully saturated rings. The largest absolute Gasteiger partial charge is 0.513 e. The number of hydrogen-bond acceptors (Lipinski definition) is 5. The minimum atomic E-state index is -4.96. The molecule has 2 atom stereocenters. The fourth-order valence-electron chi connectivity index (χ4n) is 2.62. The summed E-state index contributed by atoms with van der Waals surface area (Å²) < 4.78 is 97.0. The SMILES string of the molecule is C[C@H](NP(=O)(Oc1ccccc1)Oc1c(F)c(F)c(F)c(F)c1F)C(=O)OCc1ccccc1. The van der Waals surface area contributed by atoms with Gasteiger partial charge in [0.2, 0.25) is 34.8 Å². The lowest BCUT2D eigenvalue weighted by atomic mass is 10.2. The normalized spacial score (nSPS) is 13.6. The van der Waals surface area contributed by atoms with Crippen molar-refractivity contribution < 1.29 is 45.1 Å². The van der Waals surface area contributed by atoms with E-state index in [2.05, 4.69) is 9.61 Å². The Kier molecular flexibility index (Phi) is 7.90. The van der Waals surface area contributed by atoms with Crippen molar-refractivity contribution in [3.05, 3.63) is 95.3 Å². The van der Waals surface area contributed by atoms with Crippen LogP contribution in [0.1, 0.15) is 12.5 Å². The first kappa shape index (κ1) is 25.2. The molecule has 0 saturated heterocycles. The van der Waals surface area contributed by atoms with Gasteiger partial charge in [-0.25, -0.2) is 17.7 Å². The molecule has 180 valence electrons. The van der Waals surface area contributed by atoms with E-state index in [1.54, 1.807) is 36.4 Å². The molecule has 0 bridgehead atoms. The van der Waals surface area contributed by atoms with Gasteiger partial charge in [-0.05, 0) is 24.6 Å². The summed E-state index contributed by atoms with van der Waals surface area (Å²) in [4.78, 5) is 12.4. The van der Waals surface area contributed by atoms with Gasteiger partial charge in [0.1, 0.15) is 18.4 Å². The van der Waals surface area contributed by atoms with Crippen molar-refractivity contribution >= 4 is 13.7 Å². The Hall–Kier alpha value is -3.43. The van der Waals surface area contributed by atoms with Crippen molar-refractivity contribution in [2.45, 2.75) is 19.6 Å². The van der Waals surface area contributed by atoms with Gasteiger partial charge < -0.3 is 13.8 Å². The fourth-order valence-corrected chi connectivity index (χ4v) is 4.14. The molecule has 0 saturated carbocycles. The molecule has 0 spiro atoms. The Balaban J connectivity index is 1.86. The first-order chi connectivity index (χ1) is 16.1. The monoisotopic (exact) mass is 501 g/mol. The molecule has 12 heteroatoms. The van der Waals surface area contributed by atoms with E-state index in [0.29, 0.717) is 5.56 Å². The van der Waals surface area contributed by atoms with E-state index in [0.717, 1.165) is 0 Å². The highest BCUT2D eigenvalue weighted by atomic mass is 31.2. The van der Waals surface area contributed by atoms with Crippen LogP contribution in [0.3, 0.4) is 0 Å². The molecule has 0 aliphatic rings. The molecule has 1 N–H and O–H groups in total. The molecule has 3 aromatic rings. The second-order valence-electron chi connectivity index (χ2n) is 6.84. The third-order valence-electron chi connectivity index (χ3n) is 4.28. The van der Waals surface area contributed by atoms with Crippen LogP contribution in [-0.2, 0) is 20.7 Å². The number of esters is 1. The van der Waals surface area contributed by atoms with Gasteiger partial charge in [0, 0.05) is 0 Å². The van der Waals surface area contributed by atoms with Crippen molar-refractivity contribution in [2.75, 3.05) is 0 Å². The number of hydrogen-bond donors (Lipinski definition) is 1. The Morgan fingerprint density at radius 2 is 1.32 bits per heavy atom. The standard InChI is InChI=1S/C22H17F5NO5P/c1-13(22(29)31-12-14-8-4-2-5-9-14)28-34(30,32-15-10-6-3-7-11-15)33-21-19(26)17(24)16(23)18(25)20(21)27/h2-11,13H,12H2,1H3,(H,28,30)/t13-,34?/m0/s1. The average Bonchev–Trinajstić information content (AvgIpc) is 2.84. The van der Waals surface area contributed by atoms with Crippen LogP contribution in [0.15, 0.2) is 60.7 Å². The Morgan fingerprint density at radius 1 is 0.824 bits per heavy atom. The van der Waals surface area contributed by atoms with Crippen LogP contribution < -0.4 is 14.1 Å². The van der Waals surface area contributed by atoms with Gasteiger partial charge in [0.05, 0.1) is 0 Å². The first-order valence-corrected chi connectivity index (χ1v) is 11.2. The van der Waals surface area contributed by atoms with Gasteiger partial charge in [-0.2, -0.15) is 13.9 Å². The molecule has 3 rings (SSSR count). The number of nitrogens with one attached hydrogen (secondary N) is 1. The highest BCUT2D eigenvalue weighted by Crippen LogP contribution is 2.47. The summed E-state index contributed by atoms with van der Waals surface area (Å²) in [6, 6.07) is 14.1. The molecule has 0 aromatic heterocycles. The summed E-state index contributed by atoms with van der Waals surface area (Å²) in [6.07, 6.45) is 0. The number of rotatable bonds is 9. The molecule has 0 heterocycles. The highest BCUT2D eigenvalue weighted by molar-refractivity contribution is 7.52. The van der Waals surface area contributed by atoms with Crippen LogP contribution in [0.2, 0.25) is 0 Å². The Bertz CT molecular complexity index is 1180. The molecule has 6 nitrogen and oxygen atoms in total. The highest BCUT2D eigenvalue weighted by Gasteiger charge is 2.38. The Labute approximate surface area is 190 Å². The van der Waals surface area contributed by atoms with E-state index in [-0.39, 0.29) is 12.4 Å². The van der Waals surface area contributed by atoms with Gasteiger partial charge >= 0.3 is 13.7 Å². The molecule has 0 amide bonds. The van der Waals surface area contributed by atoms with Crippen LogP contribution in [0.5, 0.6) is 11.5 Å². The summed E-state index contributed by atoms with van der Waals surface area (Å²) in [6.45, 7) is 1.03. The first-order valence-electron chi connectivity index (χ1n) is 9.65. The van der Waals surface area contributed by atoms with Crippen LogP contribution >= 0.6 is 7.75 Å². The number of para-hydroxylation sites is 1. The smallest absolute Gasteiger partial charge is 0.460 e. The summed E-state index contributed by atoms with van der Waals surface area (Å²) in [7, 11) is -4.96. The van der Waals surface area contributed by atoms with Gasteiger partial charge in [-0.1, -0.05) is 48.5 Å². The third kappa shape index (κ3) is 5.92. The zero-order chi connectivity index (χ0) is 24.9. The maximum atomic E-state index is 14.1. The van der Waals surface area contributed by atoms with Crippen LogP contribution in [0.25, 0.3) is 0 Å². The number of carbonyl (C=O) groups is 1. The minimum Gasteiger partial charge on any atom is -0.460 e. The second-order valence-corrected chi connectivity index (χ2v) is 8.45. The quantitative estimate of drug-likeness (QED) is 0.134. The lowest BCUT2D eigenvalue weighted by Gasteiger charge is -2.23. The zero-order valence-corrected chi connectivity index (χ0v) is 18.3. The lowest BCUT2D eigenvalue weighted by molar-refractivity contribution is -0.146. The minimum absolute atomic E-state index is 0.145. The molecule has 0 aliphatic heterocycles. The summed E-state index contributed by atoms with van der Waals surface area (Å²) in [5.41, 5.74) is 0.643. The molecular weight excluding hydrogens is 484 g/mol. The number of halogens is 5. The maximum absolute atomic E-state index is 14.1. The van der Waals surface area contributed by atoms with Crippen molar-refractivity contribution in [3.8, 4) is 11.5 Å². The molecule has 0 radical (unpaired) electrons. The van der Waals surface area contributed by atoms with Gasteiger partial charge in [-0.15, -0.1) is 0 Å². The number of ether oxygens (including phenoxy) is 1. The summed E-state index contributed by atoms with van der Waals surface area (Å²) >= 11 is 0. The number of benzene rings is 3. The Morgan fingerprint density at radius 3 is 1.88 bits per heavy atom. The van der Waals surface area contributed by atoms with Crippen LogP contribution in [0.4, 0.5) is 22.0 Å². The molecule has 1 unspecified atom stereocenters. The van der Waals surface area contributed by atoms with E-state index in [1.807, 2.05) is 0 Å². The predicted octanol–water partition coefficient (Wildman–Crippen LogP) is 5.67. The zero-order valence-electron chi connectivity index (χ0n) is 17.4. The lowest BCUT2D eigenvalue weighted by Crippen LogP contribution is -2.36. The molecule has 34 heavy (non-hydrogen) atoms. The summed E-state index contributed by atoms with van der Waals surface area (Å²) in [5, 5.41) is 2.10. The average molecular weight is 501 g/mol. The van der Waals surface area contributed by atoms with E-state index >= 15 is 0 Å². The predicted molar refractivity (Wildman–Crippen MR) is 110 cm³/mol. The van der Waals surface area contributed by atoms with Crippen molar-refractivity contribution in [1.82, 2.24) is 5.09 Å². The van der Waals surface area contributed by atoms with Crippen LogP contribution in [-0.4, -0.2) is 12.0 Å². The van der Waals surface area contributed by atoms with Crippen LogP contribution in [0, 0.1) is 29.1 Å². The molecule has 0 aliphatic carbocycles. The van der Waals surface area contributed by atoms with E-state index in [9.17, 15) is 31.3 Å². The third-order valence-corrected chi connectivity index (χ3v) is 5.86. The van der Waals surface area contributed by atoms with Crippen molar-refractivity contribution in [3.63, 3.8) is 0 Å². The summed E-state index contributed by atoms with van der Waals surface area (Å²) in [5.74, 6) is -14.7. The molecular formula is C22H17F5NO5P. The maximum Gasteiger partial charge on any atom is 0.513 e. The van der Waals surface area contributed by atoms with E-state index in [4.69, 9.17) is 9.26 Å². The van der Waals surface area contributed by atoms with E-state index in [1.165, 1.54) is 31.2 Å². The fraction of sp³-hybridized carbons (Fsp3) is 0.136. The van der Waals surface area contributed by atoms with Gasteiger partial charge in [0.25, 0.3) is 0 Å². The van der Waals surface area contributed by atoms with Gasteiger partial charge in [0.15, 0.2) is 0 Å². The second kappa shape index (κ2) is 10.7. The van der Waals surface area contributed by atoms with Gasteiger partial charge in [-0.3, -0.25) is 4.79 Å². The van der Waals surface area contributed by atoms with Crippen molar-refractivity contribution in [2.24, 2.45) is 0 Å². The number of carbonyl (C=O) groups excluding carboxylic acids is 1. The molecule has 3 aromatic carbocycles. The van der Waals surface area contributed by atoms with E-state index < -0.39 is 54.6 Å².